The molecule has 4 heteroatoms. The molecule has 74 valence electrons. The highest BCUT2D eigenvalue weighted by atomic mass is 32.1. The van der Waals surface area contributed by atoms with Crippen molar-refractivity contribution in [3.63, 3.8) is 0 Å². The van der Waals surface area contributed by atoms with Gasteiger partial charge in [0.25, 0.3) is 0 Å². The first-order chi connectivity index (χ1) is 6.43. The van der Waals surface area contributed by atoms with Crippen LogP contribution in [-0.4, -0.2) is 25.1 Å². The van der Waals surface area contributed by atoms with E-state index in [2.05, 4.69) is 21.0 Å². The second-order valence-electron chi connectivity index (χ2n) is 2.97. The molecule has 1 aromatic rings. The number of hydrogen-bond acceptors (Lipinski definition) is 4. The number of unbranched alkanes of at least 4 members (excludes halogenated alkanes) is 1. The van der Waals surface area contributed by atoms with E-state index in [9.17, 15) is 0 Å². The van der Waals surface area contributed by atoms with Gasteiger partial charge >= 0.3 is 0 Å². The first-order valence-corrected chi connectivity index (χ1v) is 5.60. The fourth-order valence-corrected chi connectivity index (χ4v) is 1.65. The maximum Gasteiger partial charge on any atom is 0.0795 e. The molecule has 0 spiro atoms. The molecule has 0 aliphatic carbocycles. The van der Waals surface area contributed by atoms with Crippen molar-refractivity contribution in [3.05, 3.63) is 16.6 Å². The van der Waals surface area contributed by atoms with Gasteiger partial charge < -0.3 is 10.6 Å². The fourth-order valence-electron chi connectivity index (χ4n) is 1.09. The molecule has 0 aliphatic heterocycles. The molecule has 0 amide bonds. The first kappa shape index (κ1) is 10.6. The molecule has 3 nitrogen and oxygen atoms in total. The van der Waals surface area contributed by atoms with Gasteiger partial charge in [0.05, 0.1) is 11.2 Å². The number of hydrogen-bond donors (Lipinski definition) is 2. The van der Waals surface area contributed by atoms with Crippen LogP contribution in [0.3, 0.4) is 0 Å². The van der Waals surface area contributed by atoms with Crippen LogP contribution in [0.2, 0.25) is 0 Å². The minimum Gasteiger partial charge on any atom is -0.320 e. The topological polar surface area (TPSA) is 37.0 Å². The van der Waals surface area contributed by atoms with E-state index in [1.54, 1.807) is 11.3 Å². The summed E-state index contributed by atoms with van der Waals surface area (Å²) >= 11 is 1.65. The van der Waals surface area contributed by atoms with Crippen molar-refractivity contribution in [2.45, 2.75) is 19.4 Å². The highest BCUT2D eigenvalue weighted by molar-refractivity contribution is 7.07. The van der Waals surface area contributed by atoms with Gasteiger partial charge in [-0.1, -0.05) is 0 Å². The van der Waals surface area contributed by atoms with Crippen molar-refractivity contribution in [2.75, 3.05) is 20.1 Å². The molecular weight excluding hydrogens is 182 g/mol. The van der Waals surface area contributed by atoms with Crippen molar-refractivity contribution in [1.29, 1.82) is 0 Å². The van der Waals surface area contributed by atoms with Crippen LogP contribution in [0, 0.1) is 0 Å². The number of thiazole rings is 1. The van der Waals surface area contributed by atoms with E-state index in [1.165, 1.54) is 12.8 Å². The van der Waals surface area contributed by atoms with E-state index in [-0.39, 0.29) is 0 Å². The largest absolute Gasteiger partial charge is 0.320 e. The van der Waals surface area contributed by atoms with Crippen LogP contribution in [0.5, 0.6) is 0 Å². The van der Waals surface area contributed by atoms with E-state index in [0.717, 1.165) is 25.3 Å². The predicted molar refractivity (Wildman–Crippen MR) is 57.0 cm³/mol. The highest BCUT2D eigenvalue weighted by Gasteiger charge is 1.92. The van der Waals surface area contributed by atoms with Crippen LogP contribution >= 0.6 is 11.3 Å². The Hall–Kier alpha value is -0.450. The highest BCUT2D eigenvalue weighted by Crippen LogP contribution is 1.99. The Bertz CT molecular complexity index is 199. The summed E-state index contributed by atoms with van der Waals surface area (Å²) in [5.41, 5.74) is 3.02. The lowest BCUT2D eigenvalue weighted by Crippen LogP contribution is -2.16. The van der Waals surface area contributed by atoms with Gasteiger partial charge in [-0.2, -0.15) is 0 Å². The Kier molecular flexibility index (Phi) is 5.73. The summed E-state index contributed by atoms with van der Waals surface area (Å²) in [6.07, 6.45) is 2.46. The van der Waals surface area contributed by atoms with Gasteiger partial charge in [0.2, 0.25) is 0 Å². The summed E-state index contributed by atoms with van der Waals surface area (Å²) in [5.74, 6) is 0. The van der Waals surface area contributed by atoms with E-state index in [4.69, 9.17) is 0 Å². The van der Waals surface area contributed by atoms with Crippen LogP contribution in [0.4, 0.5) is 0 Å². The standard InChI is InChI=1S/C9H17N3S/c1-10-4-2-3-5-11-6-9-7-13-8-12-9/h7-8,10-11H,2-6H2,1H3. The summed E-state index contributed by atoms with van der Waals surface area (Å²) in [6, 6.07) is 0. The van der Waals surface area contributed by atoms with Gasteiger partial charge in [-0.25, -0.2) is 4.98 Å². The first-order valence-electron chi connectivity index (χ1n) is 4.66. The molecule has 0 atom stereocenters. The minimum absolute atomic E-state index is 0.906. The zero-order valence-corrected chi connectivity index (χ0v) is 8.86. The van der Waals surface area contributed by atoms with Gasteiger partial charge in [0.1, 0.15) is 0 Å². The molecule has 0 saturated heterocycles. The summed E-state index contributed by atoms with van der Waals surface area (Å²) in [7, 11) is 1.99. The maximum absolute atomic E-state index is 4.19. The number of rotatable bonds is 7. The van der Waals surface area contributed by atoms with Crippen LogP contribution in [0.1, 0.15) is 18.5 Å². The monoisotopic (exact) mass is 199 g/mol. The lowest BCUT2D eigenvalue weighted by Gasteiger charge is -2.01. The zero-order chi connectivity index (χ0) is 9.36. The average molecular weight is 199 g/mol. The summed E-state index contributed by atoms with van der Waals surface area (Å²) in [5, 5.41) is 8.58. The fraction of sp³-hybridized carbons (Fsp3) is 0.667. The van der Waals surface area contributed by atoms with E-state index >= 15 is 0 Å². The Balaban J connectivity index is 1.90. The smallest absolute Gasteiger partial charge is 0.0795 e. The number of nitrogens with zero attached hydrogens (tertiary/aromatic N) is 1. The summed E-state index contributed by atoms with van der Waals surface area (Å²) in [6.45, 7) is 3.10. The molecule has 2 N–H and O–H groups in total. The van der Waals surface area contributed by atoms with Gasteiger partial charge in [0.15, 0.2) is 0 Å². The third-order valence-electron chi connectivity index (χ3n) is 1.82. The molecule has 0 saturated carbocycles. The Morgan fingerprint density at radius 2 is 2.23 bits per heavy atom. The van der Waals surface area contributed by atoms with Crippen molar-refractivity contribution in [2.24, 2.45) is 0 Å². The molecule has 0 unspecified atom stereocenters. The molecule has 13 heavy (non-hydrogen) atoms. The molecule has 0 fully saturated rings. The average Bonchev–Trinajstić information content (AvgIpc) is 2.63. The van der Waals surface area contributed by atoms with Gasteiger partial charge in [0, 0.05) is 11.9 Å². The van der Waals surface area contributed by atoms with Crippen molar-refractivity contribution in [3.8, 4) is 0 Å². The van der Waals surface area contributed by atoms with Crippen LogP contribution in [0.15, 0.2) is 10.9 Å². The SMILES string of the molecule is CNCCCCNCc1cscn1. The molecule has 1 aromatic heterocycles. The summed E-state index contributed by atoms with van der Waals surface area (Å²) in [4.78, 5) is 4.19. The van der Waals surface area contributed by atoms with Crippen LogP contribution in [-0.2, 0) is 6.54 Å². The van der Waals surface area contributed by atoms with E-state index < -0.39 is 0 Å². The zero-order valence-electron chi connectivity index (χ0n) is 8.05. The molecule has 0 bridgehead atoms. The molecule has 1 heterocycles. The van der Waals surface area contributed by atoms with Crippen molar-refractivity contribution in [1.82, 2.24) is 15.6 Å². The molecular formula is C9H17N3S. The maximum atomic E-state index is 4.19. The van der Waals surface area contributed by atoms with Crippen LogP contribution < -0.4 is 10.6 Å². The van der Waals surface area contributed by atoms with Gasteiger partial charge in [-0.3, -0.25) is 0 Å². The quantitative estimate of drug-likeness (QED) is 0.649. The molecule has 0 radical (unpaired) electrons. The van der Waals surface area contributed by atoms with Crippen molar-refractivity contribution >= 4 is 11.3 Å². The molecule has 0 aromatic carbocycles. The lowest BCUT2D eigenvalue weighted by atomic mass is 10.3. The number of nitrogens with one attached hydrogen (secondary N) is 2. The minimum atomic E-state index is 0.906. The van der Waals surface area contributed by atoms with Gasteiger partial charge in [-0.15, -0.1) is 11.3 Å². The molecule has 0 aliphatic rings. The lowest BCUT2D eigenvalue weighted by molar-refractivity contribution is 0.602. The van der Waals surface area contributed by atoms with Gasteiger partial charge in [-0.05, 0) is 33.0 Å². The molecule has 1 rings (SSSR count). The normalized spacial score (nSPS) is 10.5. The van der Waals surface area contributed by atoms with E-state index in [1.807, 2.05) is 12.6 Å². The Morgan fingerprint density at radius 1 is 1.38 bits per heavy atom. The second kappa shape index (κ2) is 7.00. The predicted octanol–water partition coefficient (Wildman–Crippen LogP) is 1.23. The van der Waals surface area contributed by atoms with Crippen molar-refractivity contribution < 1.29 is 0 Å². The third-order valence-corrected chi connectivity index (χ3v) is 2.46. The van der Waals surface area contributed by atoms with Crippen LogP contribution in [0.25, 0.3) is 0 Å². The number of aromatic nitrogens is 1. The second-order valence-corrected chi connectivity index (χ2v) is 3.69. The third kappa shape index (κ3) is 4.98. The van der Waals surface area contributed by atoms with E-state index in [0.29, 0.717) is 0 Å². The summed E-state index contributed by atoms with van der Waals surface area (Å²) < 4.78 is 0. The Labute approximate surface area is 83.6 Å². The Morgan fingerprint density at radius 3 is 2.92 bits per heavy atom.